The first-order valence-electron chi connectivity index (χ1n) is 4.13. The Labute approximate surface area is 90.7 Å². The molecule has 0 saturated heterocycles. The van der Waals surface area contributed by atoms with Crippen LogP contribution in [0.3, 0.4) is 0 Å². The van der Waals surface area contributed by atoms with Gasteiger partial charge in [-0.25, -0.2) is 0 Å². The lowest BCUT2D eigenvalue weighted by atomic mass is 9.97. The highest BCUT2D eigenvalue weighted by molar-refractivity contribution is 5.09. The van der Waals surface area contributed by atoms with Crippen LogP contribution in [0, 0.1) is 0 Å². The van der Waals surface area contributed by atoms with Gasteiger partial charge in [0.15, 0.2) is 0 Å². The van der Waals surface area contributed by atoms with E-state index in [-0.39, 0.29) is 0 Å². The molecule has 0 bridgehead atoms. The van der Waals surface area contributed by atoms with Crippen LogP contribution < -0.4 is 0 Å². The molecule has 0 aliphatic rings. The van der Waals surface area contributed by atoms with Crippen molar-refractivity contribution in [2.75, 3.05) is 6.61 Å². The summed E-state index contributed by atoms with van der Waals surface area (Å²) in [5, 5.41) is 8.03. The molecule has 0 rings (SSSR count). The zero-order valence-electron chi connectivity index (χ0n) is 8.17. The van der Waals surface area contributed by atoms with E-state index < -0.39 is 42.8 Å². The molecule has 0 aromatic carbocycles. The fraction of sp³-hybridized carbons (Fsp3) is 0.750. The molecule has 0 aromatic rings. The molecule has 0 aliphatic heterocycles. The van der Waals surface area contributed by atoms with Crippen LogP contribution in [0.1, 0.15) is 6.42 Å². The molecule has 0 unspecified atom stereocenters. The first-order valence-corrected chi connectivity index (χ1v) is 4.13. The number of hydrogen-bond donors (Lipinski definition) is 1. The fourth-order valence-corrected chi connectivity index (χ4v) is 0.865. The Kier molecular flexibility index (Phi) is 4.21. The summed E-state index contributed by atoms with van der Waals surface area (Å²) < 4.78 is 101. The van der Waals surface area contributed by atoms with Crippen molar-refractivity contribution >= 4 is 0 Å². The van der Waals surface area contributed by atoms with Crippen LogP contribution in [0.25, 0.3) is 0 Å². The van der Waals surface area contributed by atoms with E-state index in [1.807, 2.05) is 0 Å². The predicted molar refractivity (Wildman–Crippen MR) is 41.7 cm³/mol. The standard InChI is InChI=1S/C8H8F8O/c1-2-5(9,10)7(13,14)8(15,16)6(11,12)3-4-17/h2,17H,1,3-4H2. The van der Waals surface area contributed by atoms with E-state index in [0.29, 0.717) is 0 Å². The Balaban J connectivity index is 5.51. The van der Waals surface area contributed by atoms with Crippen LogP contribution >= 0.6 is 0 Å². The van der Waals surface area contributed by atoms with Gasteiger partial charge in [-0.15, -0.1) is 0 Å². The highest BCUT2D eigenvalue weighted by Crippen LogP contribution is 2.53. The molecule has 1 nitrogen and oxygen atoms in total. The van der Waals surface area contributed by atoms with Crippen LogP contribution in [0.2, 0.25) is 0 Å². The Morgan fingerprint density at radius 3 is 1.59 bits per heavy atom. The zero-order valence-corrected chi connectivity index (χ0v) is 8.17. The first-order chi connectivity index (χ1) is 7.37. The Morgan fingerprint density at radius 1 is 0.882 bits per heavy atom. The third-order valence-electron chi connectivity index (χ3n) is 1.95. The van der Waals surface area contributed by atoms with Gasteiger partial charge in [0.2, 0.25) is 0 Å². The van der Waals surface area contributed by atoms with E-state index in [1.165, 1.54) is 0 Å². The van der Waals surface area contributed by atoms with Crippen LogP contribution in [-0.4, -0.2) is 35.4 Å². The van der Waals surface area contributed by atoms with Crippen LogP contribution in [0.4, 0.5) is 35.1 Å². The minimum Gasteiger partial charge on any atom is -0.396 e. The summed E-state index contributed by atoms with van der Waals surface area (Å²) in [6.07, 6.45) is -2.90. The van der Waals surface area contributed by atoms with Gasteiger partial charge in [-0.3, -0.25) is 0 Å². The minimum atomic E-state index is -6.32. The van der Waals surface area contributed by atoms with Gasteiger partial charge in [0.1, 0.15) is 0 Å². The summed E-state index contributed by atoms with van der Waals surface area (Å²) in [5.74, 6) is -23.6. The normalized spacial score (nSPS) is 14.9. The second kappa shape index (κ2) is 4.43. The smallest absolute Gasteiger partial charge is 0.381 e. The summed E-state index contributed by atoms with van der Waals surface area (Å²) in [6.45, 7) is 0.625. The second-order valence-electron chi connectivity index (χ2n) is 3.15. The number of alkyl halides is 8. The quantitative estimate of drug-likeness (QED) is 0.582. The number of halogens is 8. The van der Waals surface area contributed by atoms with Crippen molar-refractivity contribution in [2.24, 2.45) is 0 Å². The van der Waals surface area contributed by atoms with E-state index in [9.17, 15) is 35.1 Å². The van der Waals surface area contributed by atoms with Crippen molar-refractivity contribution in [3.05, 3.63) is 12.7 Å². The van der Waals surface area contributed by atoms with E-state index >= 15 is 0 Å². The fourth-order valence-electron chi connectivity index (χ4n) is 0.865. The molecule has 0 amide bonds. The van der Waals surface area contributed by atoms with Gasteiger partial charge in [0.25, 0.3) is 0 Å². The van der Waals surface area contributed by atoms with Crippen molar-refractivity contribution in [3.8, 4) is 0 Å². The van der Waals surface area contributed by atoms with Crippen LogP contribution in [-0.2, 0) is 0 Å². The molecular formula is C8H8F8O. The Morgan fingerprint density at radius 2 is 1.29 bits per heavy atom. The number of hydrogen-bond acceptors (Lipinski definition) is 1. The number of aliphatic hydroxyl groups is 1. The first kappa shape index (κ1) is 16.1. The molecule has 0 saturated carbocycles. The lowest BCUT2D eigenvalue weighted by Crippen LogP contribution is -2.61. The molecule has 0 heterocycles. The summed E-state index contributed by atoms with van der Waals surface area (Å²) in [6, 6.07) is 0. The lowest BCUT2D eigenvalue weighted by molar-refractivity contribution is -0.357. The topological polar surface area (TPSA) is 20.2 Å². The van der Waals surface area contributed by atoms with Crippen molar-refractivity contribution in [2.45, 2.75) is 30.1 Å². The van der Waals surface area contributed by atoms with Gasteiger partial charge < -0.3 is 5.11 Å². The summed E-state index contributed by atoms with van der Waals surface area (Å²) in [5.41, 5.74) is 0. The molecular weight excluding hydrogens is 264 g/mol. The third-order valence-corrected chi connectivity index (χ3v) is 1.95. The van der Waals surface area contributed by atoms with Gasteiger partial charge in [-0.2, -0.15) is 35.1 Å². The Bertz CT molecular complexity index is 285. The van der Waals surface area contributed by atoms with Crippen molar-refractivity contribution in [3.63, 3.8) is 0 Å². The van der Waals surface area contributed by atoms with Gasteiger partial charge >= 0.3 is 23.7 Å². The molecule has 0 fully saturated rings. The summed E-state index contributed by atoms with van der Waals surface area (Å²) in [7, 11) is 0. The zero-order chi connectivity index (χ0) is 14.1. The van der Waals surface area contributed by atoms with Gasteiger partial charge in [-0.05, 0) is 6.08 Å². The molecule has 17 heavy (non-hydrogen) atoms. The maximum atomic E-state index is 12.7. The molecule has 0 spiro atoms. The maximum Gasteiger partial charge on any atom is 0.381 e. The van der Waals surface area contributed by atoms with E-state index in [4.69, 9.17) is 5.11 Å². The highest BCUT2D eigenvalue weighted by atomic mass is 19.4. The molecule has 0 aromatic heterocycles. The molecule has 9 heteroatoms. The van der Waals surface area contributed by atoms with Crippen molar-refractivity contribution < 1.29 is 40.2 Å². The summed E-state index contributed by atoms with van der Waals surface area (Å²) >= 11 is 0. The average Bonchev–Trinajstić information content (AvgIpc) is 2.16. The van der Waals surface area contributed by atoms with Crippen molar-refractivity contribution in [1.82, 2.24) is 0 Å². The number of rotatable bonds is 6. The number of aliphatic hydroxyl groups excluding tert-OH is 1. The Hall–Kier alpha value is -0.860. The summed E-state index contributed by atoms with van der Waals surface area (Å²) in [4.78, 5) is 0. The van der Waals surface area contributed by atoms with Gasteiger partial charge in [0, 0.05) is 13.0 Å². The average molecular weight is 272 g/mol. The number of allylic oxidation sites excluding steroid dienone is 1. The van der Waals surface area contributed by atoms with Crippen molar-refractivity contribution in [1.29, 1.82) is 0 Å². The van der Waals surface area contributed by atoms with Gasteiger partial charge in [0.05, 0.1) is 0 Å². The molecule has 102 valence electrons. The lowest BCUT2D eigenvalue weighted by Gasteiger charge is -2.35. The van der Waals surface area contributed by atoms with Crippen LogP contribution in [0.5, 0.6) is 0 Å². The molecule has 0 radical (unpaired) electrons. The second-order valence-corrected chi connectivity index (χ2v) is 3.15. The SMILES string of the molecule is C=CC(F)(F)C(F)(F)C(F)(F)C(F)(F)CCO. The predicted octanol–water partition coefficient (Wildman–Crippen LogP) is 3.10. The minimum absolute atomic E-state index is 0.837. The molecule has 0 atom stereocenters. The van der Waals surface area contributed by atoms with E-state index in [2.05, 4.69) is 6.58 Å². The van der Waals surface area contributed by atoms with Gasteiger partial charge in [-0.1, -0.05) is 6.58 Å². The molecule has 1 N–H and O–H groups in total. The highest BCUT2D eigenvalue weighted by Gasteiger charge is 2.79. The third kappa shape index (κ3) is 2.38. The largest absolute Gasteiger partial charge is 0.396 e. The van der Waals surface area contributed by atoms with E-state index in [0.717, 1.165) is 0 Å². The maximum absolute atomic E-state index is 12.7. The molecule has 0 aliphatic carbocycles. The monoisotopic (exact) mass is 272 g/mol. The van der Waals surface area contributed by atoms with E-state index in [1.54, 1.807) is 0 Å². The van der Waals surface area contributed by atoms with Crippen LogP contribution in [0.15, 0.2) is 12.7 Å².